The zero-order chi connectivity index (χ0) is 12.3. The first-order chi connectivity index (χ1) is 8.16. The van der Waals surface area contributed by atoms with Crippen molar-refractivity contribution < 1.29 is 0 Å². The molecule has 4 heteroatoms. The Labute approximate surface area is 104 Å². The normalized spacial score (nSPS) is 26.3. The van der Waals surface area contributed by atoms with Crippen LogP contribution in [-0.2, 0) is 13.5 Å². The highest BCUT2D eigenvalue weighted by atomic mass is 15.1. The molecule has 1 aromatic heterocycles. The van der Waals surface area contributed by atoms with E-state index >= 15 is 0 Å². The Morgan fingerprint density at radius 2 is 2.29 bits per heavy atom. The minimum atomic E-state index is 0.673. The minimum Gasteiger partial charge on any atom is -0.338 e. The van der Waals surface area contributed by atoms with Crippen molar-refractivity contribution in [3.63, 3.8) is 0 Å². The van der Waals surface area contributed by atoms with Gasteiger partial charge in [-0.15, -0.1) is 0 Å². The Balaban J connectivity index is 1.73. The fraction of sp³-hybridized carbons (Fsp3) is 0.769. The average molecular weight is 236 g/mol. The molecule has 0 spiro atoms. The molecule has 0 radical (unpaired) electrons. The lowest BCUT2D eigenvalue weighted by Gasteiger charge is -2.35. The summed E-state index contributed by atoms with van der Waals surface area (Å²) in [5.41, 5.74) is 0. The van der Waals surface area contributed by atoms with E-state index in [0.717, 1.165) is 24.7 Å². The molecule has 2 atom stereocenters. The molecular formula is C13H24N4. The summed E-state index contributed by atoms with van der Waals surface area (Å²) in [6.45, 7) is 5.79. The maximum Gasteiger partial charge on any atom is 0.109 e. The van der Waals surface area contributed by atoms with Gasteiger partial charge in [-0.1, -0.05) is 6.92 Å². The van der Waals surface area contributed by atoms with Crippen LogP contribution in [-0.4, -0.2) is 47.2 Å². The molecule has 17 heavy (non-hydrogen) atoms. The maximum absolute atomic E-state index is 4.34. The van der Waals surface area contributed by atoms with Crippen molar-refractivity contribution in [2.45, 2.75) is 25.8 Å². The number of aromatic nitrogens is 2. The minimum absolute atomic E-state index is 0.673. The van der Waals surface area contributed by atoms with Gasteiger partial charge in [0.1, 0.15) is 5.82 Å². The summed E-state index contributed by atoms with van der Waals surface area (Å²) in [7, 11) is 4.27. The van der Waals surface area contributed by atoms with Gasteiger partial charge >= 0.3 is 0 Å². The topological polar surface area (TPSA) is 33.1 Å². The van der Waals surface area contributed by atoms with Crippen LogP contribution in [0.3, 0.4) is 0 Å². The van der Waals surface area contributed by atoms with Gasteiger partial charge in [-0.2, -0.15) is 0 Å². The summed E-state index contributed by atoms with van der Waals surface area (Å²) < 4.78 is 2.10. The van der Waals surface area contributed by atoms with E-state index in [1.807, 2.05) is 12.4 Å². The zero-order valence-electron chi connectivity index (χ0n) is 11.2. The van der Waals surface area contributed by atoms with Gasteiger partial charge in [-0.25, -0.2) is 4.98 Å². The lowest BCUT2D eigenvalue weighted by molar-refractivity contribution is 0.175. The molecule has 0 aliphatic carbocycles. The molecular weight excluding hydrogens is 212 g/mol. The van der Waals surface area contributed by atoms with E-state index < -0.39 is 0 Å². The molecule has 4 nitrogen and oxygen atoms in total. The summed E-state index contributed by atoms with van der Waals surface area (Å²) in [6, 6.07) is 0.673. The smallest absolute Gasteiger partial charge is 0.109 e. The molecule has 0 amide bonds. The van der Waals surface area contributed by atoms with E-state index in [-0.39, 0.29) is 0 Å². The van der Waals surface area contributed by atoms with Gasteiger partial charge in [-0.3, -0.25) is 0 Å². The van der Waals surface area contributed by atoms with Crippen LogP contribution in [0.2, 0.25) is 0 Å². The molecule has 0 aromatic carbocycles. The van der Waals surface area contributed by atoms with Crippen LogP contribution in [0.25, 0.3) is 0 Å². The summed E-state index contributed by atoms with van der Waals surface area (Å²) in [5.74, 6) is 1.91. The number of aryl methyl sites for hydroxylation is 1. The largest absolute Gasteiger partial charge is 0.338 e. The second-order valence-corrected chi connectivity index (χ2v) is 5.29. The summed E-state index contributed by atoms with van der Waals surface area (Å²) in [4.78, 5) is 6.76. The molecule has 0 bridgehead atoms. The summed E-state index contributed by atoms with van der Waals surface area (Å²) in [6.07, 6.45) is 6.15. The third-order valence-electron chi connectivity index (χ3n) is 3.78. The quantitative estimate of drug-likeness (QED) is 0.843. The van der Waals surface area contributed by atoms with Crippen molar-refractivity contribution in [1.82, 2.24) is 19.8 Å². The standard InChI is InChI=1S/C13H24N4/c1-11-10-16(2)8-5-12(11)14-6-4-13-15-7-9-17(13)3/h7,9,11-12,14H,4-6,8,10H2,1-3H3. The van der Waals surface area contributed by atoms with E-state index in [4.69, 9.17) is 0 Å². The zero-order valence-corrected chi connectivity index (χ0v) is 11.2. The molecule has 2 heterocycles. The van der Waals surface area contributed by atoms with Gasteiger partial charge in [0.2, 0.25) is 0 Å². The highest BCUT2D eigenvalue weighted by Crippen LogP contribution is 2.15. The fourth-order valence-corrected chi connectivity index (χ4v) is 2.66. The predicted molar refractivity (Wildman–Crippen MR) is 70.0 cm³/mol. The Bertz CT molecular complexity index is 347. The van der Waals surface area contributed by atoms with Crippen LogP contribution in [0.5, 0.6) is 0 Å². The maximum atomic E-state index is 4.34. The van der Waals surface area contributed by atoms with E-state index in [1.165, 1.54) is 19.5 Å². The molecule has 96 valence electrons. The predicted octanol–water partition coefficient (Wildman–Crippen LogP) is 0.892. The van der Waals surface area contributed by atoms with Gasteiger partial charge in [0.25, 0.3) is 0 Å². The number of hydrogen-bond donors (Lipinski definition) is 1. The third kappa shape index (κ3) is 3.30. The lowest BCUT2D eigenvalue weighted by atomic mass is 9.94. The van der Waals surface area contributed by atoms with Crippen LogP contribution in [0.15, 0.2) is 12.4 Å². The van der Waals surface area contributed by atoms with Crippen LogP contribution >= 0.6 is 0 Å². The molecule has 1 fully saturated rings. The lowest BCUT2D eigenvalue weighted by Crippen LogP contribution is -2.47. The van der Waals surface area contributed by atoms with Gasteiger partial charge in [0.15, 0.2) is 0 Å². The Hall–Kier alpha value is -0.870. The second kappa shape index (κ2) is 5.65. The first-order valence-corrected chi connectivity index (χ1v) is 6.55. The number of rotatable bonds is 4. The van der Waals surface area contributed by atoms with Gasteiger partial charge in [-0.05, 0) is 25.9 Å². The van der Waals surface area contributed by atoms with E-state index in [0.29, 0.717) is 6.04 Å². The van der Waals surface area contributed by atoms with E-state index in [1.54, 1.807) is 0 Å². The molecule has 2 rings (SSSR count). The highest BCUT2D eigenvalue weighted by Gasteiger charge is 2.23. The Morgan fingerprint density at radius 3 is 2.94 bits per heavy atom. The third-order valence-corrected chi connectivity index (χ3v) is 3.78. The first kappa shape index (κ1) is 12.6. The van der Waals surface area contributed by atoms with Crippen LogP contribution in [0.1, 0.15) is 19.2 Å². The summed E-state index contributed by atoms with van der Waals surface area (Å²) >= 11 is 0. The fourth-order valence-electron chi connectivity index (χ4n) is 2.66. The monoisotopic (exact) mass is 236 g/mol. The van der Waals surface area contributed by atoms with Crippen molar-refractivity contribution in [2.75, 3.05) is 26.7 Å². The number of hydrogen-bond acceptors (Lipinski definition) is 3. The van der Waals surface area contributed by atoms with Gasteiger partial charge in [0.05, 0.1) is 0 Å². The van der Waals surface area contributed by atoms with Crippen LogP contribution in [0.4, 0.5) is 0 Å². The van der Waals surface area contributed by atoms with Gasteiger partial charge < -0.3 is 14.8 Å². The average Bonchev–Trinajstić information content (AvgIpc) is 2.68. The van der Waals surface area contributed by atoms with Crippen molar-refractivity contribution in [3.05, 3.63) is 18.2 Å². The van der Waals surface area contributed by atoms with Crippen LogP contribution < -0.4 is 5.32 Å². The second-order valence-electron chi connectivity index (χ2n) is 5.29. The molecule has 1 saturated heterocycles. The molecule has 1 aliphatic heterocycles. The van der Waals surface area contributed by atoms with Crippen molar-refractivity contribution in [1.29, 1.82) is 0 Å². The van der Waals surface area contributed by atoms with Gasteiger partial charge in [0, 0.05) is 45.0 Å². The van der Waals surface area contributed by atoms with Crippen molar-refractivity contribution in [3.8, 4) is 0 Å². The van der Waals surface area contributed by atoms with Crippen molar-refractivity contribution >= 4 is 0 Å². The number of nitrogens with one attached hydrogen (secondary N) is 1. The van der Waals surface area contributed by atoms with Crippen LogP contribution in [0, 0.1) is 5.92 Å². The SMILES string of the molecule is CC1CN(C)CCC1NCCc1nccn1C. The Kier molecular flexibility index (Phi) is 4.18. The number of piperidine rings is 1. The highest BCUT2D eigenvalue weighted by molar-refractivity contribution is 4.92. The Morgan fingerprint density at radius 1 is 1.47 bits per heavy atom. The molecule has 0 saturated carbocycles. The van der Waals surface area contributed by atoms with E-state index in [9.17, 15) is 0 Å². The number of likely N-dealkylation sites (tertiary alicyclic amines) is 1. The van der Waals surface area contributed by atoms with E-state index in [2.05, 4.69) is 40.8 Å². The molecule has 1 aromatic rings. The molecule has 1 N–H and O–H groups in total. The van der Waals surface area contributed by atoms with Crippen molar-refractivity contribution in [2.24, 2.45) is 13.0 Å². The number of nitrogens with zero attached hydrogens (tertiary/aromatic N) is 3. The molecule has 2 unspecified atom stereocenters. The summed E-state index contributed by atoms with van der Waals surface area (Å²) in [5, 5.41) is 3.68. The molecule has 1 aliphatic rings. The first-order valence-electron chi connectivity index (χ1n) is 6.55. The number of imidazole rings is 1.